The van der Waals surface area contributed by atoms with Gasteiger partial charge in [-0.05, 0) is 11.8 Å². The molecule has 1 heterocycles. The van der Waals surface area contributed by atoms with Crippen LogP contribution in [0.5, 0.6) is 0 Å². The molecule has 0 aliphatic carbocycles. The lowest BCUT2D eigenvalue weighted by molar-refractivity contribution is -0.141. The predicted molar refractivity (Wildman–Crippen MR) is 80.2 cm³/mol. The van der Waals surface area contributed by atoms with E-state index in [1.54, 1.807) is 4.90 Å². The Morgan fingerprint density at radius 1 is 1.24 bits per heavy atom. The molecule has 1 aliphatic heterocycles. The van der Waals surface area contributed by atoms with E-state index in [2.05, 4.69) is 27.7 Å². The fraction of sp³-hybridized carbons (Fsp3) is 0.867. The van der Waals surface area contributed by atoms with Gasteiger partial charge in [0.05, 0.1) is 19.1 Å². The highest BCUT2D eigenvalue weighted by atomic mass is 16.5. The summed E-state index contributed by atoms with van der Waals surface area (Å²) in [7, 11) is 0. The van der Waals surface area contributed by atoms with Crippen LogP contribution in [0.1, 0.15) is 34.1 Å². The van der Waals surface area contributed by atoms with Gasteiger partial charge in [0.15, 0.2) is 0 Å². The quantitative estimate of drug-likeness (QED) is 0.813. The molecule has 6 nitrogen and oxygen atoms in total. The zero-order valence-corrected chi connectivity index (χ0v) is 13.5. The van der Waals surface area contributed by atoms with Crippen LogP contribution >= 0.6 is 0 Å². The second-order valence-corrected chi connectivity index (χ2v) is 6.51. The zero-order chi connectivity index (χ0) is 16.0. The van der Waals surface area contributed by atoms with Crippen molar-refractivity contribution in [2.75, 3.05) is 32.8 Å². The van der Waals surface area contributed by atoms with E-state index in [0.29, 0.717) is 31.5 Å². The maximum atomic E-state index is 12.6. The molecule has 6 heteroatoms. The third-order valence-electron chi connectivity index (χ3n) is 3.25. The second-order valence-electron chi connectivity index (χ2n) is 6.51. The number of carbonyl (C=O) groups is 2. The van der Waals surface area contributed by atoms with E-state index in [-0.39, 0.29) is 12.5 Å². The van der Waals surface area contributed by atoms with Crippen LogP contribution in [-0.4, -0.2) is 65.8 Å². The van der Waals surface area contributed by atoms with Gasteiger partial charge in [0.2, 0.25) is 0 Å². The first kappa shape index (κ1) is 17.8. The third-order valence-corrected chi connectivity index (χ3v) is 3.25. The van der Waals surface area contributed by atoms with Crippen LogP contribution < -0.4 is 0 Å². The topological polar surface area (TPSA) is 70.1 Å². The van der Waals surface area contributed by atoms with E-state index >= 15 is 0 Å². The van der Waals surface area contributed by atoms with Crippen LogP contribution in [0.25, 0.3) is 0 Å². The summed E-state index contributed by atoms with van der Waals surface area (Å²) in [5.74, 6) is -0.0809. The lowest BCUT2D eigenvalue weighted by atomic mass is 10.1. The van der Waals surface area contributed by atoms with Crippen molar-refractivity contribution >= 4 is 12.0 Å². The van der Waals surface area contributed by atoms with Crippen molar-refractivity contribution in [1.82, 2.24) is 9.80 Å². The van der Waals surface area contributed by atoms with Gasteiger partial charge in [0.25, 0.3) is 0 Å². The maximum Gasteiger partial charge on any atom is 0.320 e. The van der Waals surface area contributed by atoms with Crippen LogP contribution in [0.2, 0.25) is 0 Å². The average molecular weight is 300 g/mol. The van der Waals surface area contributed by atoms with Crippen LogP contribution in [0.3, 0.4) is 0 Å². The lowest BCUT2D eigenvalue weighted by Gasteiger charge is -2.37. The van der Waals surface area contributed by atoms with Crippen LogP contribution in [-0.2, 0) is 9.53 Å². The van der Waals surface area contributed by atoms with Gasteiger partial charge in [0, 0.05) is 26.2 Å². The number of carbonyl (C=O) groups excluding carboxylic acids is 1. The molecule has 21 heavy (non-hydrogen) atoms. The molecule has 0 saturated carbocycles. The van der Waals surface area contributed by atoms with E-state index < -0.39 is 12.1 Å². The van der Waals surface area contributed by atoms with Gasteiger partial charge >= 0.3 is 12.0 Å². The number of amides is 2. The van der Waals surface area contributed by atoms with Gasteiger partial charge in [-0.25, -0.2) is 4.79 Å². The highest BCUT2D eigenvalue weighted by molar-refractivity contribution is 5.75. The summed E-state index contributed by atoms with van der Waals surface area (Å²) in [4.78, 5) is 27.0. The number of nitrogens with zero attached hydrogens (tertiary/aromatic N) is 2. The molecule has 0 aromatic carbocycles. The molecule has 0 bridgehead atoms. The largest absolute Gasteiger partial charge is 0.481 e. The Balaban J connectivity index is 2.66. The zero-order valence-electron chi connectivity index (χ0n) is 13.5. The number of hydrogen-bond donors (Lipinski definition) is 1. The summed E-state index contributed by atoms with van der Waals surface area (Å²) >= 11 is 0. The number of hydrogen-bond acceptors (Lipinski definition) is 3. The first-order valence-electron chi connectivity index (χ1n) is 7.66. The summed E-state index contributed by atoms with van der Waals surface area (Å²) in [5.41, 5.74) is 0. The Morgan fingerprint density at radius 2 is 1.81 bits per heavy atom. The normalized spacial score (nSPS) is 19.1. The smallest absolute Gasteiger partial charge is 0.320 e. The van der Waals surface area contributed by atoms with Crippen molar-refractivity contribution in [3.05, 3.63) is 0 Å². The number of urea groups is 1. The number of ether oxygens (including phenoxy) is 1. The molecular weight excluding hydrogens is 272 g/mol. The van der Waals surface area contributed by atoms with E-state index in [1.807, 2.05) is 4.90 Å². The molecule has 0 aromatic rings. The molecule has 1 saturated heterocycles. The predicted octanol–water partition coefficient (Wildman–Crippen LogP) is 1.90. The van der Waals surface area contributed by atoms with Crippen molar-refractivity contribution in [3.63, 3.8) is 0 Å². The third kappa shape index (κ3) is 6.33. The van der Waals surface area contributed by atoms with Gasteiger partial charge in [-0.15, -0.1) is 0 Å². The van der Waals surface area contributed by atoms with Crippen LogP contribution in [0.4, 0.5) is 4.79 Å². The standard InChI is InChI=1S/C15H28N2O4/c1-11(2)8-17(9-12(3)4)15(20)16-5-6-21-13(10-16)7-14(18)19/h11-13H,5-10H2,1-4H3,(H,18,19). The minimum atomic E-state index is -0.893. The fourth-order valence-corrected chi connectivity index (χ4v) is 2.52. The second kappa shape index (κ2) is 8.22. The summed E-state index contributed by atoms with van der Waals surface area (Å²) < 4.78 is 5.42. The number of rotatable bonds is 6. The first-order valence-corrected chi connectivity index (χ1v) is 7.66. The van der Waals surface area contributed by atoms with Crippen molar-refractivity contribution in [2.45, 2.75) is 40.2 Å². The minimum Gasteiger partial charge on any atom is -0.481 e. The number of aliphatic carboxylic acids is 1. The van der Waals surface area contributed by atoms with Gasteiger partial charge in [-0.2, -0.15) is 0 Å². The Labute approximate surface area is 127 Å². The Morgan fingerprint density at radius 3 is 2.29 bits per heavy atom. The lowest BCUT2D eigenvalue weighted by Crippen LogP contribution is -2.52. The van der Waals surface area contributed by atoms with Gasteiger partial charge in [0.1, 0.15) is 0 Å². The Hall–Kier alpha value is -1.30. The van der Waals surface area contributed by atoms with Gasteiger partial charge in [-0.1, -0.05) is 27.7 Å². The van der Waals surface area contributed by atoms with Crippen molar-refractivity contribution < 1.29 is 19.4 Å². The molecule has 1 fully saturated rings. The summed E-state index contributed by atoms with van der Waals surface area (Å²) in [5, 5.41) is 8.84. The van der Waals surface area contributed by atoms with E-state index in [1.165, 1.54) is 0 Å². The summed E-state index contributed by atoms with van der Waals surface area (Å²) in [6.45, 7) is 11.1. The molecule has 0 radical (unpaired) electrons. The molecule has 1 N–H and O–H groups in total. The number of carboxylic acids is 1. The molecule has 122 valence electrons. The molecule has 2 amide bonds. The van der Waals surface area contributed by atoms with Crippen molar-refractivity contribution in [1.29, 1.82) is 0 Å². The first-order chi connectivity index (χ1) is 9.79. The molecular formula is C15H28N2O4. The molecule has 0 spiro atoms. The molecule has 1 unspecified atom stereocenters. The van der Waals surface area contributed by atoms with Crippen molar-refractivity contribution in [2.24, 2.45) is 11.8 Å². The fourth-order valence-electron chi connectivity index (χ4n) is 2.52. The summed E-state index contributed by atoms with van der Waals surface area (Å²) in [6.07, 6.45) is -0.460. The minimum absolute atomic E-state index is 0.00362. The highest BCUT2D eigenvalue weighted by Gasteiger charge is 2.29. The van der Waals surface area contributed by atoms with E-state index in [4.69, 9.17) is 9.84 Å². The average Bonchev–Trinajstić information content (AvgIpc) is 2.35. The van der Waals surface area contributed by atoms with Crippen LogP contribution in [0.15, 0.2) is 0 Å². The van der Waals surface area contributed by atoms with Gasteiger partial charge in [-0.3, -0.25) is 4.79 Å². The maximum absolute atomic E-state index is 12.6. The van der Waals surface area contributed by atoms with Crippen molar-refractivity contribution in [3.8, 4) is 0 Å². The molecule has 0 aromatic heterocycles. The monoisotopic (exact) mass is 300 g/mol. The molecule has 1 rings (SSSR count). The molecule has 1 aliphatic rings. The number of morpholine rings is 1. The van der Waals surface area contributed by atoms with Gasteiger partial charge < -0.3 is 19.6 Å². The molecule has 1 atom stereocenters. The van der Waals surface area contributed by atoms with E-state index in [9.17, 15) is 9.59 Å². The Kier molecular flexibility index (Phi) is 6.95. The van der Waals surface area contributed by atoms with E-state index in [0.717, 1.165) is 13.1 Å². The van der Waals surface area contributed by atoms with Crippen LogP contribution in [0, 0.1) is 11.8 Å². The number of carboxylic acid groups (broad SMARTS) is 1. The highest BCUT2D eigenvalue weighted by Crippen LogP contribution is 2.13. The SMILES string of the molecule is CC(C)CN(CC(C)C)C(=O)N1CCOC(CC(=O)O)C1. The summed E-state index contributed by atoms with van der Waals surface area (Å²) in [6, 6.07) is -0.00362. The Bertz CT molecular complexity index is 348.